The quantitative estimate of drug-likeness (QED) is 0.822. The van der Waals surface area contributed by atoms with Crippen molar-refractivity contribution in [1.29, 1.82) is 0 Å². The molecule has 0 amide bonds. The number of ether oxygens (including phenoxy) is 2. The normalized spacial score (nSPS) is 18.1. The van der Waals surface area contributed by atoms with E-state index in [1.807, 2.05) is 4.90 Å². The summed E-state index contributed by atoms with van der Waals surface area (Å²) >= 11 is 1.11. The fraction of sp³-hybridized carbons (Fsp3) is 0.643. The van der Waals surface area contributed by atoms with E-state index in [0.717, 1.165) is 30.7 Å². The van der Waals surface area contributed by atoms with E-state index in [1.165, 1.54) is 0 Å². The van der Waals surface area contributed by atoms with Gasteiger partial charge in [0.25, 0.3) is 0 Å². The van der Waals surface area contributed by atoms with Crippen LogP contribution in [0.5, 0.6) is 0 Å². The predicted molar refractivity (Wildman–Crippen MR) is 84.1 cm³/mol. The first-order valence-corrected chi connectivity index (χ1v) is 8.23. The highest BCUT2D eigenvalue weighted by Gasteiger charge is 2.31. The van der Waals surface area contributed by atoms with Crippen molar-refractivity contribution in [1.82, 2.24) is 4.98 Å². The van der Waals surface area contributed by atoms with E-state index in [1.54, 1.807) is 13.8 Å². The van der Waals surface area contributed by atoms with Crippen LogP contribution in [-0.2, 0) is 14.3 Å². The number of hydrogen-bond acceptors (Lipinski definition) is 8. The summed E-state index contributed by atoms with van der Waals surface area (Å²) in [4.78, 5) is 30.5. The molecule has 1 aliphatic heterocycles. The number of anilines is 2. The fourth-order valence-corrected chi connectivity index (χ4v) is 3.24. The fourth-order valence-electron chi connectivity index (χ4n) is 2.49. The Morgan fingerprint density at radius 2 is 2.09 bits per heavy atom. The van der Waals surface area contributed by atoms with Crippen molar-refractivity contribution in [2.24, 2.45) is 5.92 Å². The van der Waals surface area contributed by atoms with E-state index in [2.05, 4.69) is 4.98 Å². The number of thiazole rings is 1. The number of esters is 2. The van der Waals surface area contributed by atoms with Crippen LogP contribution in [0.25, 0.3) is 0 Å². The highest BCUT2D eigenvalue weighted by Crippen LogP contribution is 2.32. The molecule has 1 atom stereocenters. The predicted octanol–water partition coefficient (Wildman–Crippen LogP) is 1.68. The number of hydrogen-bond donors (Lipinski definition) is 1. The number of aromatic nitrogens is 1. The second-order valence-corrected chi connectivity index (χ2v) is 5.99. The average Bonchev–Trinajstić information content (AvgIpc) is 2.90. The molecule has 0 bridgehead atoms. The zero-order valence-electron chi connectivity index (χ0n) is 12.8. The third-order valence-electron chi connectivity index (χ3n) is 3.43. The van der Waals surface area contributed by atoms with Crippen molar-refractivity contribution in [3.8, 4) is 0 Å². The Labute approximate surface area is 133 Å². The van der Waals surface area contributed by atoms with Gasteiger partial charge in [0.15, 0.2) is 15.8 Å². The second kappa shape index (κ2) is 7.44. The van der Waals surface area contributed by atoms with Gasteiger partial charge in [0.05, 0.1) is 19.1 Å². The average molecular weight is 327 g/mol. The summed E-state index contributed by atoms with van der Waals surface area (Å²) < 4.78 is 10.1. The smallest absolute Gasteiger partial charge is 0.352 e. The standard InChI is InChI=1S/C14H21N3O4S/c1-3-20-12(18)9-6-5-7-17(8-9)11-10(13(19)21-4-2)22-14(15)16-11/h9H,3-8H2,1-2H3,(H2,15,16). The molecule has 0 spiro atoms. The number of rotatable bonds is 5. The minimum Gasteiger partial charge on any atom is -0.466 e. The van der Waals surface area contributed by atoms with Gasteiger partial charge in [-0.1, -0.05) is 11.3 Å². The zero-order chi connectivity index (χ0) is 16.1. The Kier molecular flexibility index (Phi) is 5.59. The van der Waals surface area contributed by atoms with Crippen molar-refractivity contribution in [2.45, 2.75) is 26.7 Å². The molecule has 1 aliphatic rings. The number of nitrogens with two attached hydrogens (primary N) is 1. The lowest BCUT2D eigenvalue weighted by atomic mass is 9.98. The van der Waals surface area contributed by atoms with Crippen LogP contribution >= 0.6 is 11.3 Å². The number of carbonyl (C=O) groups excluding carboxylic acids is 2. The van der Waals surface area contributed by atoms with Crippen molar-refractivity contribution in [3.63, 3.8) is 0 Å². The molecular formula is C14H21N3O4S. The number of nitrogen functional groups attached to an aromatic ring is 1. The Bertz CT molecular complexity index is 546. The molecule has 2 rings (SSSR count). The largest absolute Gasteiger partial charge is 0.466 e. The van der Waals surface area contributed by atoms with E-state index in [9.17, 15) is 9.59 Å². The van der Waals surface area contributed by atoms with Crippen molar-refractivity contribution in [3.05, 3.63) is 4.88 Å². The molecule has 2 heterocycles. The van der Waals surface area contributed by atoms with Crippen LogP contribution in [0.1, 0.15) is 36.4 Å². The topological polar surface area (TPSA) is 94.8 Å². The van der Waals surface area contributed by atoms with Crippen molar-refractivity contribution < 1.29 is 19.1 Å². The second-order valence-electron chi connectivity index (χ2n) is 4.96. The van der Waals surface area contributed by atoms with E-state index in [4.69, 9.17) is 15.2 Å². The van der Waals surface area contributed by atoms with E-state index >= 15 is 0 Å². The number of carbonyl (C=O) groups is 2. The molecule has 1 aromatic rings. The summed E-state index contributed by atoms with van der Waals surface area (Å²) in [5.41, 5.74) is 5.74. The summed E-state index contributed by atoms with van der Waals surface area (Å²) in [5.74, 6) is -0.320. The van der Waals surface area contributed by atoms with Crippen LogP contribution in [0.15, 0.2) is 0 Å². The van der Waals surface area contributed by atoms with Crippen LogP contribution in [0.3, 0.4) is 0 Å². The van der Waals surface area contributed by atoms with E-state index < -0.39 is 5.97 Å². The lowest BCUT2D eigenvalue weighted by molar-refractivity contribution is -0.148. The van der Waals surface area contributed by atoms with Crippen LogP contribution in [-0.4, -0.2) is 43.2 Å². The highest BCUT2D eigenvalue weighted by molar-refractivity contribution is 7.17. The van der Waals surface area contributed by atoms with Gasteiger partial charge < -0.3 is 20.1 Å². The molecule has 1 unspecified atom stereocenters. The Balaban J connectivity index is 2.17. The van der Waals surface area contributed by atoms with Crippen LogP contribution in [0.4, 0.5) is 10.9 Å². The van der Waals surface area contributed by atoms with Gasteiger partial charge in [0, 0.05) is 13.1 Å². The van der Waals surface area contributed by atoms with Crippen LogP contribution in [0, 0.1) is 5.92 Å². The van der Waals surface area contributed by atoms with Gasteiger partial charge >= 0.3 is 11.9 Å². The van der Waals surface area contributed by atoms with Gasteiger partial charge in [0.2, 0.25) is 0 Å². The molecule has 1 saturated heterocycles. The van der Waals surface area contributed by atoms with Crippen molar-refractivity contribution >= 4 is 34.2 Å². The van der Waals surface area contributed by atoms with Gasteiger partial charge in [-0.15, -0.1) is 0 Å². The summed E-state index contributed by atoms with van der Waals surface area (Å²) in [6, 6.07) is 0. The van der Waals surface area contributed by atoms with Crippen LogP contribution < -0.4 is 10.6 Å². The Hall–Kier alpha value is -1.83. The Morgan fingerprint density at radius 1 is 1.36 bits per heavy atom. The molecule has 22 heavy (non-hydrogen) atoms. The maximum atomic E-state index is 12.0. The maximum absolute atomic E-state index is 12.0. The summed E-state index contributed by atoms with van der Waals surface area (Å²) in [7, 11) is 0. The highest BCUT2D eigenvalue weighted by atomic mass is 32.1. The molecule has 1 aromatic heterocycles. The minimum absolute atomic E-state index is 0.201. The van der Waals surface area contributed by atoms with Gasteiger partial charge in [-0.3, -0.25) is 4.79 Å². The third kappa shape index (κ3) is 3.68. The number of nitrogens with zero attached hydrogens (tertiary/aromatic N) is 2. The molecule has 8 heteroatoms. The summed E-state index contributed by atoms with van der Waals surface area (Å²) in [6.45, 7) is 5.41. The molecule has 0 aromatic carbocycles. The molecule has 122 valence electrons. The monoisotopic (exact) mass is 327 g/mol. The molecule has 2 N–H and O–H groups in total. The van der Waals surface area contributed by atoms with E-state index in [0.29, 0.717) is 35.6 Å². The first kappa shape index (κ1) is 16.5. The SMILES string of the molecule is CCOC(=O)c1sc(N)nc1N1CCCC(C(=O)OCC)C1. The lowest BCUT2D eigenvalue weighted by Gasteiger charge is -2.32. The summed E-state index contributed by atoms with van der Waals surface area (Å²) in [5, 5.41) is 0.316. The minimum atomic E-state index is -0.426. The van der Waals surface area contributed by atoms with Gasteiger partial charge in [-0.2, -0.15) is 0 Å². The molecule has 0 aliphatic carbocycles. The first-order valence-electron chi connectivity index (χ1n) is 7.41. The Morgan fingerprint density at radius 3 is 2.77 bits per heavy atom. The maximum Gasteiger partial charge on any atom is 0.352 e. The lowest BCUT2D eigenvalue weighted by Crippen LogP contribution is -2.40. The van der Waals surface area contributed by atoms with E-state index in [-0.39, 0.29) is 11.9 Å². The molecule has 1 fully saturated rings. The summed E-state index contributed by atoms with van der Waals surface area (Å²) in [6.07, 6.45) is 1.62. The van der Waals surface area contributed by atoms with Gasteiger partial charge in [-0.25, -0.2) is 9.78 Å². The number of piperidine rings is 1. The molecule has 7 nitrogen and oxygen atoms in total. The van der Waals surface area contributed by atoms with Crippen molar-refractivity contribution in [2.75, 3.05) is 36.9 Å². The zero-order valence-corrected chi connectivity index (χ0v) is 13.6. The van der Waals surface area contributed by atoms with Gasteiger partial charge in [-0.05, 0) is 26.7 Å². The van der Waals surface area contributed by atoms with Gasteiger partial charge in [0.1, 0.15) is 0 Å². The van der Waals surface area contributed by atoms with Crippen LogP contribution in [0.2, 0.25) is 0 Å². The third-order valence-corrected chi connectivity index (χ3v) is 4.28. The first-order chi connectivity index (χ1) is 10.6. The molecular weight excluding hydrogens is 306 g/mol. The molecule has 0 saturated carbocycles. The molecule has 0 radical (unpaired) electrons.